The maximum atomic E-state index is 6.16. The number of halogens is 1. The van der Waals surface area contributed by atoms with Crippen molar-refractivity contribution in [2.24, 2.45) is 12.8 Å². The number of rotatable bonds is 4. The second kappa shape index (κ2) is 5.48. The third-order valence-corrected chi connectivity index (χ3v) is 3.60. The predicted octanol–water partition coefficient (Wildman–Crippen LogP) is 1.52. The number of aryl methyl sites for hydroxylation is 1. The zero-order valence-electron chi connectivity index (χ0n) is 9.30. The second-order valence-electron chi connectivity index (χ2n) is 3.48. The number of hydrogen-bond donors (Lipinski definition) is 1. The van der Waals surface area contributed by atoms with E-state index in [2.05, 4.69) is 15.5 Å². The van der Waals surface area contributed by atoms with Gasteiger partial charge in [-0.2, -0.15) is 0 Å². The van der Waals surface area contributed by atoms with Gasteiger partial charge >= 0.3 is 0 Å². The summed E-state index contributed by atoms with van der Waals surface area (Å²) in [6, 6.07) is 5.89. The largest absolute Gasteiger partial charge is 0.330 e. The summed E-state index contributed by atoms with van der Waals surface area (Å²) >= 11 is 7.63. The van der Waals surface area contributed by atoms with Crippen molar-refractivity contribution < 1.29 is 0 Å². The van der Waals surface area contributed by atoms with Gasteiger partial charge in [-0.05, 0) is 52.9 Å². The molecule has 1 aromatic carbocycles. The molecular weight excluding hydrogens is 258 g/mol. The van der Waals surface area contributed by atoms with Crippen LogP contribution in [0, 0.1) is 0 Å². The first-order chi connectivity index (χ1) is 8.20. The van der Waals surface area contributed by atoms with Crippen LogP contribution in [0.5, 0.6) is 0 Å². The van der Waals surface area contributed by atoms with Crippen molar-refractivity contribution in [2.45, 2.75) is 16.5 Å². The van der Waals surface area contributed by atoms with Gasteiger partial charge in [0.2, 0.25) is 5.16 Å². The molecule has 17 heavy (non-hydrogen) atoms. The lowest BCUT2D eigenvalue weighted by Crippen LogP contribution is -2.03. The SMILES string of the molecule is Cn1nnnc1Sc1ccc(CCN)c(Cl)c1. The Morgan fingerprint density at radius 2 is 2.29 bits per heavy atom. The van der Waals surface area contributed by atoms with E-state index in [1.165, 1.54) is 11.8 Å². The quantitative estimate of drug-likeness (QED) is 0.911. The Hall–Kier alpha value is -1.11. The Labute approximate surface area is 108 Å². The monoisotopic (exact) mass is 269 g/mol. The predicted molar refractivity (Wildman–Crippen MR) is 67.1 cm³/mol. The van der Waals surface area contributed by atoms with Crippen molar-refractivity contribution in [1.29, 1.82) is 0 Å². The lowest BCUT2D eigenvalue weighted by Gasteiger charge is -2.05. The number of benzene rings is 1. The van der Waals surface area contributed by atoms with Crippen LogP contribution >= 0.6 is 23.4 Å². The van der Waals surface area contributed by atoms with Gasteiger partial charge in [0.25, 0.3) is 0 Å². The van der Waals surface area contributed by atoms with Gasteiger partial charge in [0.15, 0.2) is 0 Å². The number of nitrogens with two attached hydrogens (primary N) is 1. The number of nitrogens with zero attached hydrogens (tertiary/aromatic N) is 4. The average Bonchev–Trinajstić information content (AvgIpc) is 2.69. The summed E-state index contributed by atoms with van der Waals surface area (Å²) in [6.07, 6.45) is 0.787. The van der Waals surface area contributed by atoms with Gasteiger partial charge in [-0.25, -0.2) is 4.68 Å². The van der Waals surface area contributed by atoms with Crippen LogP contribution in [-0.2, 0) is 13.5 Å². The topological polar surface area (TPSA) is 69.6 Å². The summed E-state index contributed by atoms with van der Waals surface area (Å²) in [5.74, 6) is 0. The fraction of sp³-hybridized carbons (Fsp3) is 0.300. The van der Waals surface area contributed by atoms with Gasteiger partial charge < -0.3 is 5.73 Å². The van der Waals surface area contributed by atoms with Crippen molar-refractivity contribution >= 4 is 23.4 Å². The lowest BCUT2D eigenvalue weighted by atomic mass is 10.1. The van der Waals surface area contributed by atoms with E-state index < -0.39 is 0 Å². The van der Waals surface area contributed by atoms with E-state index >= 15 is 0 Å². The summed E-state index contributed by atoms with van der Waals surface area (Å²) < 4.78 is 1.62. The van der Waals surface area contributed by atoms with Crippen LogP contribution in [0.4, 0.5) is 0 Å². The first-order valence-corrected chi connectivity index (χ1v) is 6.29. The number of aromatic nitrogens is 4. The van der Waals surface area contributed by atoms with E-state index in [1.54, 1.807) is 11.7 Å². The molecule has 0 aliphatic carbocycles. The van der Waals surface area contributed by atoms with Crippen molar-refractivity contribution in [1.82, 2.24) is 20.2 Å². The molecule has 2 rings (SSSR count). The van der Waals surface area contributed by atoms with Gasteiger partial charge in [-0.3, -0.25) is 0 Å². The Morgan fingerprint density at radius 1 is 1.47 bits per heavy atom. The number of hydrogen-bond acceptors (Lipinski definition) is 5. The molecule has 0 amide bonds. The highest BCUT2D eigenvalue weighted by Gasteiger charge is 2.07. The molecular formula is C10H12ClN5S. The van der Waals surface area contributed by atoms with Crippen molar-refractivity contribution in [2.75, 3.05) is 6.54 Å². The third-order valence-electron chi connectivity index (χ3n) is 2.23. The van der Waals surface area contributed by atoms with Crippen LogP contribution < -0.4 is 5.73 Å². The summed E-state index contributed by atoms with van der Waals surface area (Å²) in [4.78, 5) is 1.01. The molecule has 1 aromatic heterocycles. The van der Waals surface area contributed by atoms with E-state index in [9.17, 15) is 0 Å². The molecule has 0 radical (unpaired) electrons. The normalized spacial score (nSPS) is 10.8. The van der Waals surface area contributed by atoms with Gasteiger partial charge in [0, 0.05) is 17.0 Å². The minimum atomic E-state index is 0.597. The molecule has 0 spiro atoms. The van der Waals surface area contributed by atoms with Crippen LogP contribution in [0.25, 0.3) is 0 Å². The molecule has 0 atom stereocenters. The fourth-order valence-electron chi connectivity index (χ4n) is 1.36. The fourth-order valence-corrected chi connectivity index (χ4v) is 2.47. The summed E-state index contributed by atoms with van der Waals surface area (Å²) in [5.41, 5.74) is 6.57. The minimum Gasteiger partial charge on any atom is -0.330 e. The van der Waals surface area contributed by atoms with Gasteiger partial charge in [0.05, 0.1) is 0 Å². The van der Waals surface area contributed by atoms with E-state index in [4.69, 9.17) is 17.3 Å². The third kappa shape index (κ3) is 2.96. The summed E-state index contributed by atoms with van der Waals surface area (Å²) in [7, 11) is 1.80. The van der Waals surface area contributed by atoms with Crippen LogP contribution in [0.3, 0.4) is 0 Å². The zero-order chi connectivity index (χ0) is 12.3. The Balaban J connectivity index is 2.18. The summed E-state index contributed by atoms with van der Waals surface area (Å²) in [5, 5.41) is 12.7. The smallest absolute Gasteiger partial charge is 0.213 e. The van der Waals surface area contributed by atoms with Gasteiger partial charge in [-0.15, -0.1) is 5.10 Å². The Kier molecular flexibility index (Phi) is 3.98. The van der Waals surface area contributed by atoms with Crippen molar-refractivity contribution in [3.8, 4) is 0 Å². The average molecular weight is 270 g/mol. The molecule has 90 valence electrons. The van der Waals surface area contributed by atoms with Crippen LogP contribution in [0.2, 0.25) is 5.02 Å². The summed E-state index contributed by atoms with van der Waals surface area (Å²) in [6.45, 7) is 0.597. The minimum absolute atomic E-state index is 0.597. The lowest BCUT2D eigenvalue weighted by molar-refractivity contribution is 0.664. The number of tetrazole rings is 1. The van der Waals surface area contributed by atoms with Gasteiger partial charge in [-0.1, -0.05) is 17.7 Å². The molecule has 0 aliphatic heterocycles. The Morgan fingerprint density at radius 3 is 2.88 bits per heavy atom. The zero-order valence-corrected chi connectivity index (χ0v) is 10.9. The van der Waals surface area contributed by atoms with Crippen molar-refractivity contribution in [3.63, 3.8) is 0 Å². The standard InChI is InChI=1S/C10H12ClN5S/c1-16-10(13-14-15-16)17-8-3-2-7(4-5-12)9(11)6-8/h2-3,6H,4-5,12H2,1H3. The molecule has 0 bridgehead atoms. The molecule has 1 heterocycles. The van der Waals surface area contributed by atoms with Crippen molar-refractivity contribution in [3.05, 3.63) is 28.8 Å². The highest BCUT2D eigenvalue weighted by atomic mass is 35.5. The Bertz CT molecular complexity index is 513. The molecule has 2 aromatic rings. The van der Waals surface area contributed by atoms with E-state index in [0.29, 0.717) is 6.54 Å². The molecule has 2 N–H and O–H groups in total. The maximum absolute atomic E-state index is 6.16. The first kappa shape index (κ1) is 12.3. The highest BCUT2D eigenvalue weighted by molar-refractivity contribution is 7.99. The molecule has 0 saturated heterocycles. The molecule has 0 fully saturated rings. The van der Waals surface area contributed by atoms with E-state index in [0.717, 1.165) is 27.1 Å². The highest BCUT2D eigenvalue weighted by Crippen LogP contribution is 2.29. The molecule has 5 nitrogen and oxygen atoms in total. The molecule has 0 unspecified atom stereocenters. The van der Waals surface area contributed by atoms with Crippen LogP contribution in [0.15, 0.2) is 28.3 Å². The van der Waals surface area contributed by atoms with Crippen LogP contribution in [-0.4, -0.2) is 26.8 Å². The van der Waals surface area contributed by atoms with E-state index in [-0.39, 0.29) is 0 Å². The van der Waals surface area contributed by atoms with Gasteiger partial charge in [0.1, 0.15) is 0 Å². The maximum Gasteiger partial charge on any atom is 0.213 e. The second-order valence-corrected chi connectivity index (χ2v) is 4.93. The molecule has 0 saturated carbocycles. The van der Waals surface area contributed by atoms with E-state index in [1.807, 2.05) is 18.2 Å². The molecule has 7 heteroatoms. The van der Waals surface area contributed by atoms with Crippen LogP contribution in [0.1, 0.15) is 5.56 Å². The first-order valence-electron chi connectivity index (χ1n) is 5.09. The molecule has 0 aliphatic rings.